The van der Waals surface area contributed by atoms with E-state index in [0.29, 0.717) is 48.4 Å². The minimum Gasteiger partial charge on any atom is -0.365 e. The topological polar surface area (TPSA) is 93.4 Å². The van der Waals surface area contributed by atoms with Crippen LogP contribution in [0.5, 0.6) is 0 Å². The smallest absolute Gasteiger partial charge is 0.269 e. The summed E-state index contributed by atoms with van der Waals surface area (Å²) in [6, 6.07) is 8.21. The molecule has 32 heavy (non-hydrogen) atoms. The van der Waals surface area contributed by atoms with Gasteiger partial charge < -0.3 is 15.2 Å². The lowest BCUT2D eigenvalue weighted by Crippen LogP contribution is -2.52. The number of benzene rings is 1. The SMILES string of the molecule is CNC(=O)c1ccc(N2CCN(NCc3ccc4cc(C)c(=O)[nH]c4c3F)CC2)c(F)n1. The van der Waals surface area contributed by atoms with Crippen molar-refractivity contribution in [3.05, 3.63) is 69.3 Å². The first-order valence-corrected chi connectivity index (χ1v) is 10.3. The largest absolute Gasteiger partial charge is 0.365 e. The van der Waals surface area contributed by atoms with Crippen LogP contribution in [0.15, 0.2) is 35.1 Å². The number of hydrogen-bond donors (Lipinski definition) is 3. The summed E-state index contributed by atoms with van der Waals surface area (Å²) in [6.07, 6.45) is 0. The maximum atomic E-state index is 14.9. The standard InChI is InChI=1S/C22H24F2N6O2/c1-13-11-14-3-4-15(18(23)19(14)28-21(13)31)12-26-30-9-7-29(8-10-30)17-6-5-16(22(32)25-2)27-20(17)24/h3-6,11,26H,7-10,12H2,1-2H3,(H,25,32)(H,28,31). The third kappa shape index (κ3) is 4.32. The number of halogens is 2. The summed E-state index contributed by atoms with van der Waals surface area (Å²) in [5.41, 5.74) is 4.46. The van der Waals surface area contributed by atoms with E-state index in [1.165, 1.54) is 13.1 Å². The van der Waals surface area contributed by atoms with Crippen LogP contribution in [0.1, 0.15) is 21.6 Å². The zero-order valence-electron chi connectivity index (χ0n) is 17.8. The van der Waals surface area contributed by atoms with Gasteiger partial charge in [0.1, 0.15) is 5.69 Å². The number of pyridine rings is 2. The summed E-state index contributed by atoms with van der Waals surface area (Å²) in [5, 5.41) is 5.01. The summed E-state index contributed by atoms with van der Waals surface area (Å²) < 4.78 is 29.3. The third-order valence-electron chi connectivity index (χ3n) is 5.63. The molecular weight excluding hydrogens is 418 g/mol. The molecule has 3 aromatic rings. The summed E-state index contributed by atoms with van der Waals surface area (Å²) in [7, 11) is 1.46. The molecule has 0 aliphatic carbocycles. The number of piperazine rings is 1. The Hall–Kier alpha value is -3.37. The highest BCUT2D eigenvalue weighted by Gasteiger charge is 2.21. The van der Waals surface area contributed by atoms with E-state index in [-0.39, 0.29) is 23.3 Å². The molecule has 0 bridgehead atoms. The second-order valence-electron chi connectivity index (χ2n) is 7.68. The predicted molar refractivity (Wildman–Crippen MR) is 117 cm³/mol. The minimum absolute atomic E-state index is 0.0305. The van der Waals surface area contributed by atoms with Crippen LogP contribution in [0.25, 0.3) is 10.9 Å². The minimum atomic E-state index is -0.685. The number of aromatic amines is 1. The van der Waals surface area contributed by atoms with Crippen LogP contribution in [0, 0.1) is 18.7 Å². The molecule has 0 unspecified atom stereocenters. The molecule has 0 saturated carbocycles. The Morgan fingerprint density at radius 1 is 1.16 bits per heavy atom. The lowest BCUT2D eigenvalue weighted by Gasteiger charge is -2.36. The van der Waals surface area contributed by atoms with Gasteiger partial charge >= 0.3 is 0 Å². The van der Waals surface area contributed by atoms with Gasteiger partial charge in [-0.1, -0.05) is 12.1 Å². The van der Waals surface area contributed by atoms with Crippen LogP contribution in [-0.2, 0) is 6.54 Å². The normalized spacial score (nSPS) is 14.7. The van der Waals surface area contributed by atoms with Gasteiger partial charge in [0, 0.05) is 56.3 Å². The van der Waals surface area contributed by atoms with Gasteiger partial charge in [-0.05, 0) is 25.1 Å². The molecule has 0 radical (unpaired) electrons. The third-order valence-corrected chi connectivity index (χ3v) is 5.63. The van der Waals surface area contributed by atoms with Crippen molar-refractivity contribution in [2.75, 3.05) is 38.1 Å². The number of carbonyl (C=O) groups excluding carboxylic acids is 1. The molecular formula is C22H24F2N6O2. The molecule has 1 fully saturated rings. The molecule has 0 atom stereocenters. The van der Waals surface area contributed by atoms with Crippen molar-refractivity contribution >= 4 is 22.5 Å². The number of carbonyl (C=O) groups is 1. The quantitative estimate of drug-likeness (QED) is 0.521. The second kappa shape index (κ2) is 9.01. The van der Waals surface area contributed by atoms with E-state index in [1.54, 1.807) is 31.2 Å². The highest BCUT2D eigenvalue weighted by Crippen LogP contribution is 2.21. The highest BCUT2D eigenvalue weighted by atomic mass is 19.1. The van der Waals surface area contributed by atoms with E-state index in [9.17, 15) is 18.4 Å². The van der Waals surface area contributed by atoms with Crippen LogP contribution >= 0.6 is 0 Å². The Morgan fingerprint density at radius 2 is 1.91 bits per heavy atom. The Morgan fingerprint density at radius 3 is 2.59 bits per heavy atom. The van der Waals surface area contributed by atoms with Crippen molar-refractivity contribution < 1.29 is 13.6 Å². The predicted octanol–water partition coefficient (Wildman–Crippen LogP) is 1.70. The Bertz CT molecular complexity index is 1220. The molecule has 1 amide bonds. The van der Waals surface area contributed by atoms with Crippen molar-refractivity contribution in [2.24, 2.45) is 0 Å². The second-order valence-corrected chi connectivity index (χ2v) is 7.68. The average Bonchev–Trinajstić information content (AvgIpc) is 2.80. The summed E-state index contributed by atoms with van der Waals surface area (Å²) in [4.78, 5) is 31.6. The number of rotatable bonds is 5. The zero-order valence-corrected chi connectivity index (χ0v) is 17.8. The number of nitrogens with one attached hydrogen (secondary N) is 3. The van der Waals surface area contributed by atoms with E-state index in [2.05, 4.69) is 20.7 Å². The number of hydrazine groups is 1. The maximum Gasteiger partial charge on any atom is 0.269 e. The van der Waals surface area contributed by atoms with Crippen LogP contribution in [-0.4, -0.2) is 54.1 Å². The first-order chi connectivity index (χ1) is 15.4. The maximum absolute atomic E-state index is 14.9. The number of aryl methyl sites for hydroxylation is 1. The molecule has 1 aliphatic heterocycles. The van der Waals surface area contributed by atoms with Gasteiger partial charge in [-0.3, -0.25) is 15.0 Å². The summed E-state index contributed by atoms with van der Waals surface area (Å²) in [5.74, 6) is -1.57. The fourth-order valence-electron chi connectivity index (χ4n) is 3.75. The average molecular weight is 442 g/mol. The first kappa shape index (κ1) is 21.8. The number of fused-ring (bicyclic) bond motifs is 1. The number of H-pyrrole nitrogens is 1. The highest BCUT2D eigenvalue weighted by molar-refractivity contribution is 5.92. The monoisotopic (exact) mass is 442 g/mol. The first-order valence-electron chi connectivity index (χ1n) is 10.3. The van der Waals surface area contributed by atoms with E-state index in [1.807, 2.05) is 9.91 Å². The fourth-order valence-corrected chi connectivity index (χ4v) is 3.75. The Labute approximate surface area is 183 Å². The molecule has 8 nitrogen and oxygen atoms in total. The van der Waals surface area contributed by atoms with Gasteiger partial charge in [0.15, 0.2) is 5.82 Å². The number of aromatic nitrogens is 2. The summed E-state index contributed by atoms with van der Waals surface area (Å²) >= 11 is 0. The molecule has 3 heterocycles. The molecule has 4 rings (SSSR count). The molecule has 1 aliphatic rings. The van der Waals surface area contributed by atoms with Gasteiger partial charge in [0.05, 0.1) is 11.2 Å². The van der Waals surface area contributed by atoms with E-state index < -0.39 is 17.7 Å². The molecule has 10 heteroatoms. The van der Waals surface area contributed by atoms with Crippen LogP contribution in [0.3, 0.4) is 0 Å². The van der Waals surface area contributed by atoms with Gasteiger partial charge in [-0.2, -0.15) is 4.39 Å². The number of anilines is 1. The van der Waals surface area contributed by atoms with Crippen molar-refractivity contribution in [3.8, 4) is 0 Å². The zero-order chi connectivity index (χ0) is 22.8. The lowest BCUT2D eigenvalue weighted by atomic mass is 10.1. The molecule has 0 spiro atoms. The van der Waals surface area contributed by atoms with Crippen LogP contribution in [0.2, 0.25) is 0 Å². The van der Waals surface area contributed by atoms with Gasteiger partial charge in [-0.25, -0.2) is 14.4 Å². The van der Waals surface area contributed by atoms with Crippen molar-refractivity contribution in [2.45, 2.75) is 13.5 Å². The van der Waals surface area contributed by atoms with Crippen molar-refractivity contribution in [3.63, 3.8) is 0 Å². The number of nitrogens with zero attached hydrogens (tertiary/aromatic N) is 3. The lowest BCUT2D eigenvalue weighted by molar-refractivity contribution is 0.0957. The van der Waals surface area contributed by atoms with Crippen molar-refractivity contribution in [1.29, 1.82) is 0 Å². The molecule has 168 valence electrons. The Kier molecular flexibility index (Phi) is 6.15. The van der Waals surface area contributed by atoms with E-state index >= 15 is 0 Å². The molecule has 1 saturated heterocycles. The Balaban J connectivity index is 1.38. The molecule has 3 N–H and O–H groups in total. The fraction of sp³-hybridized carbons (Fsp3) is 0.318. The van der Waals surface area contributed by atoms with Crippen LogP contribution < -0.4 is 21.2 Å². The van der Waals surface area contributed by atoms with E-state index in [0.717, 1.165) is 0 Å². The molecule has 2 aromatic heterocycles. The van der Waals surface area contributed by atoms with Gasteiger partial charge in [0.25, 0.3) is 11.5 Å². The van der Waals surface area contributed by atoms with Gasteiger partial charge in [0.2, 0.25) is 5.95 Å². The van der Waals surface area contributed by atoms with Crippen LogP contribution in [0.4, 0.5) is 14.5 Å². The summed E-state index contributed by atoms with van der Waals surface area (Å²) in [6.45, 7) is 4.19. The van der Waals surface area contributed by atoms with E-state index in [4.69, 9.17) is 0 Å². The number of hydrogen-bond acceptors (Lipinski definition) is 6. The number of amides is 1. The van der Waals surface area contributed by atoms with Crippen molar-refractivity contribution in [1.82, 2.24) is 25.7 Å². The molecule has 1 aromatic carbocycles. The van der Waals surface area contributed by atoms with Gasteiger partial charge in [-0.15, -0.1) is 0 Å².